The zero-order valence-corrected chi connectivity index (χ0v) is 15.1. The molecule has 1 unspecified atom stereocenters. The Hall–Kier alpha value is -2.40. The fourth-order valence-corrected chi connectivity index (χ4v) is 2.99. The molecule has 0 saturated carbocycles. The van der Waals surface area contributed by atoms with Crippen LogP contribution in [0.3, 0.4) is 0 Å². The lowest BCUT2D eigenvalue weighted by Gasteiger charge is -2.50. The molecular weight excluding hydrogens is 385 g/mol. The highest BCUT2D eigenvalue weighted by atomic mass is 19.4. The molecule has 1 atom stereocenters. The monoisotopic (exact) mass is 406 g/mol. The maximum Gasteiger partial charge on any atom is 0.490 e. The zero-order chi connectivity index (χ0) is 20.8. The molecule has 28 heavy (non-hydrogen) atoms. The number of alkyl halides is 3. The van der Waals surface area contributed by atoms with E-state index in [2.05, 4.69) is 4.98 Å². The van der Waals surface area contributed by atoms with Gasteiger partial charge in [0.2, 0.25) is 5.91 Å². The lowest BCUT2D eigenvalue weighted by Crippen LogP contribution is -2.67. The van der Waals surface area contributed by atoms with E-state index < -0.39 is 12.1 Å². The minimum Gasteiger partial charge on any atom is -0.492 e. The summed E-state index contributed by atoms with van der Waals surface area (Å²) in [5.74, 6) is -1.66. The molecule has 3 heterocycles. The van der Waals surface area contributed by atoms with Crippen molar-refractivity contribution in [2.45, 2.75) is 18.2 Å². The number of carbonyl (C=O) groups is 2. The summed E-state index contributed by atoms with van der Waals surface area (Å²) in [7, 11) is 1.53. The van der Waals surface area contributed by atoms with E-state index in [1.807, 2.05) is 12.1 Å². The average Bonchev–Trinajstić information content (AvgIpc) is 3.03. The molecule has 8 nitrogen and oxygen atoms in total. The van der Waals surface area contributed by atoms with Crippen LogP contribution in [0.5, 0.6) is 5.75 Å². The Kier molecular flexibility index (Phi) is 7.19. The Labute approximate surface area is 159 Å². The number of hydrogen-bond donors (Lipinski definition) is 1. The van der Waals surface area contributed by atoms with Gasteiger partial charge in [-0.15, -0.1) is 0 Å². The highest BCUT2D eigenvalue weighted by molar-refractivity contribution is 5.78. The summed E-state index contributed by atoms with van der Waals surface area (Å²) in [4.78, 5) is 26.5. The van der Waals surface area contributed by atoms with Crippen molar-refractivity contribution in [2.75, 3.05) is 40.0 Å². The van der Waals surface area contributed by atoms with Gasteiger partial charge in [0.1, 0.15) is 18.0 Å². The third kappa shape index (κ3) is 5.55. The molecule has 3 rings (SSSR count). The summed E-state index contributed by atoms with van der Waals surface area (Å²) in [6, 6.07) is 3.75. The molecule has 0 radical (unpaired) electrons. The van der Waals surface area contributed by atoms with E-state index in [0.29, 0.717) is 25.6 Å². The van der Waals surface area contributed by atoms with Gasteiger partial charge >= 0.3 is 12.1 Å². The largest absolute Gasteiger partial charge is 0.492 e. The van der Waals surface area contributed by atoms with Crippen molar-refractivity contribution in [1.82, 2.24) is 9.88 Å². The van der Waals surface area contributed by atoms with Crippen molar-refractivity contribution in [3.8, 4) is 5.75 Å². The first-order valence-electron chi connectivity index (χ1n) is 8.41. The van der Waals surface area contributed by atoms with Crippen LogP contribution in [-0.4, -0.2) is 78.7 Å². The van der Waals surface area contributed by atoms with Gasteiger partial charge < -0.3 is 24.2 Å². The maximum atomic E-state index is 11.8. The van der Waals surface area contributed by atoms with Crippen LogP contribution in [0.1, 0.15) is 6.42 Å². The smallest absolute Gasteiger partial charge is 0.490 e. The number of hydrogen-bond acceptors (Lipinski definition) is 6. The minimum absolute atomic E-state index is 0.0190. The number of carbonyl (C=O) groups excluding carboxylic acids is 1. The fraction of sp³-hybridized carbons (Fsp3) is 0.588. The molecule has 2 fully saturated rings. The fourth-order valence-electron chi connectivity index (χ4n) is 2.99. The number of likely N-dealkylation sites (tertiary alicyclic amines) is 1. The molecule has 156 valence electrons. The van der Waals surface area contributed by atoms with Gasteiger partial charge in [-0.05, 0) is 18.6 Å². The number of amides is 1. The second-order valence-corrected chi connectivity index (χ2v) is 6.38. The van der Waals surface area contributed by atoms with Gasteiger partial charge in [0.05, 0.1) is 25.9 Å². The van der Waals surface area contributed by atoms with E-state index in [0.717, 1.165) is 18.8 Å². The van der Waals surface area contributed by atoms with Gasteiger partial charge in [0.25, 0.3) is 0 Å². The van der Waals surface area contributed by atoms with E-state index in [-0.39, 0.29) is 18.1 Å². The molecule has 1 aromatic rings. The lowest BCUT2D eigenvalue weighted by molar-refractivity contribution is -0.192. The highest BCUT2D eigenvalue weighted by Crippen LogP contribution is 2.40. The van der Waals surface area contributed by atoms with Crippen LogP contribution >= 0.6 is 0 Å². The third-order valence-corrected chi connectivity index (χ3v) is 4.47. The van der Waals surface area contributed by atoms with Gasteiger partial charge in [-0.3, -0.25) is 9.78 Å². The topological polar surface area (TPSA) is 98.2 Å². The van der Waals surface area contributed by atoms with Crippen LogP contribution in [0.15, 0.2) is 24.5 Å². The summed E-state index contributed by atoms with van der Waals surface area (Å²) in [6.45, 7) is 2.73. The number of aromatic nitrogens is 1. The first kappa shape index (κ1) is 21.9. The Morgan fingerprint density at radius 1 is 1.43 bits per heavy atom. The van der Waals surface area contributed by atoms with Crippen LogP contribution in [0, 0.1) is 5.92 Å². The SMILES string of the molecule is COCC(=O)N1CC2(C1)OCCC2COc1cccnc1.O=C(O)C(F)(F)F. The molecule has 2 saturated heterocycles. The Bertz CT molecular complexity index is 665. The molecule has 1 N–H and O–H groups in total. The summed E-state index contributed by atoms with van der Waals surface area (Å²) >= 11 is 0. The van der Waals surface area contributed by atoms with Crippen LogP contribution in [0.2, 0.25) is 0 Å². The van der Waals surface area contributed by atoms with E-state index in [4.69, 9.17) is 24.1 Å². The molecule has 2 aliphatic heterocycles. The number of halogens is 3. The van der Waals surface area contributed by atoms with Crippen LogP contribution in [0.25, 0.3) is 0 Å². The summed E-state index contributed by atoms with van der Waals surface area (Å²) < 4.78 is 48.3. The van der Waals surface area contributed by atoms with Crippen LogP contribution in [0.4, 0.5) is 13.2 Å². The second-order valence-electron chi connectivity index (χ2n) is 6.38. The number of rotatable bonds is 5. The molecule has 2 aliphatic rings. The van der Waals surface area contributed by atoms with Crippen molar-refractivity contribution >= 4 is 11.9 Å². The van der Waals surface area contributed by atoms with E-state index in [1.54, 1.807) is 17.3 Å². The molecular formula is C17H21F3N2O6. The Morgan fingerprint density at radius 2 is 2.11 bits per heavy atom. The van der Waals surface area contributed by atoms with Crippen LogP contribution in [-0.2, 0) is 19.1 Å². The number of methoxy groups -OCH3 is 1. The summed E-state index contributed by atoms with van der Waals surface area (Å²) in [5.41, 5.74) is -0.231. The molecule has 1 spiro atoms. The standard InChI is InChI=1S/C15H20N2O4.C2HF3O2/c1-19-9-14(18)17-10-15(11-17)12(4-6-21-15)8-20-13-3-2-5-16-7-13;3-2(4,5)1(6)7/h2-3,5,7,12H,4,6,8-11H2,1H3;(H,6,7). The quantitative estimate of drug-likeness (QED) is 0.788. The van der Waals surface area contributed by atoms with Crippen molar-refractivity contribution in [3.63, 3.8) is 0 Å². The minimum atomic E-state index is -5.08. The first-order chi connectivity index (χ1) is 13.2. The van der Waals surface area contributed by atoms with Gasteiger partial charge in [0.15, 0.2) is 0 Å². The first-order valence-corrected chi connectivity index (χ1v) is 8.41. The second kappa shape index (κ2) is 9.20. The normalized spacial score (nSPS) is 20.1. The predicted octanol–water partition coefficient (Wildman–Crippen LogP) is 1.36. The molecule has 11 heteroatoms. The van der Waals surface area contributed by atoms with Gasteiger partial charge in [-0.1, -0.05) is 0 Å². The van der Waals surface area contributed by atoms with Crippen molar-refractivity contribution in [1.29, 1.82) is 0 Å². The number of pyridine rings is 1. The van der Waals surface area contributed by atoms with E-state index in [9.17, 15) is 18.0 Å². The average molecular weight is 406 g/mol. The molecule has 0 aromatic carbocycles. The van der Waals surface area contributed by atoms with Gasteiger partial charge in [-0.2, -0.15) is 13.2 Å². The van der Waals surface area contributed by atoms with Crippen molar-refractivity contribution in [2.24, 2.45) is 5.92 Å². The van der Waals surface area contributed by atoms with Crippen LogP contribution < -0.4 is 4.74 Å². The number of ether oxygens (including phenoxy) is 3. The Balaban J connectivity index is 0.000000345. The summed E-state index contributed by atoms with van der Waals surface area (Å²) in [6.07, 6.45) is -0.692. The maximum absolute atomic E-state index is 11.8. The van der Waals surface area contributed by atoms with Gasteiger partial charge in [-0.25, -0.2) is 4.79 Å². The zero-order valence-electron chi connectivity index (χ0n) is 15.1. The number of carboxylic acids is 1. The molecule has 0 aliphatic carbocycles. The molecule has 1 aromatic heterocycles. The van der Waals surface area contributed by atoms with E-state index >= 15 is 0 Å². The van der Waals surface area contributed by atoms with Crippen molar-refractivity contribution < 1.29 is 42.1 Å². The number of aliphatic carboxylic acids is 1. The predicted molar refractivity (Wildman–Crippen MR) is 88.7 cm³/mol. The lowest BCUT2D eigenvalue weighted by atomic mass is 9.81. The number of nitrogens with zero attached hydrogens (tertiary/aromatic N) is 2. The summed E-state index contributed by atoms with van der Waals surface area (Å²) in [5, 5.41) is 7.12. The number of carboxylic acid groups (broad SMARTS) is 1. The van der Waals surface area contributed by atoms with E-state index in [1.165, 1.54) is 7.11 Å². The third-order valence-electron chi connectivity index (χ3n) is 4.47. The Morgan fingerprint density at radius 3 is 2.64 bits per heavy atom. The molecule has 1 amide bonds. The molecule has 0 bridgehead atoms. The highest BCUT2D eigenvalue weighted by Gasteiger charge is 2.54. The van der Waals surface area contributed by atoms with Crippen molar-refractivity contribution in [3.05, 3.63) is 24.5 Å². The van der Waals surface area contributed by atoms with Gasteiger partial charge in [0, 0.05) is 25.8 Å².